The average Bonchev–Trinajstić information content (AvgIpc) is 2.63. The van der Waals surface area contributed by atoms with Gasteiger partial charge in [0.25, 0.3) is 0 Å². The fourth-order valence-electron chi connectivity index (χ4n) is 3.29. The highest BCUT2D eigenvalue weighted by Crippen LogP contribution is 2.42. The first-order chi connectivity index (χ1) is 12.5. The van der Waals surface area contributed by atoms with E-state index in [0.29, 0.717) is 17.6 Å². The van der Waals surface area contributed by atoms with Crippen LogP contribution < -0.4 is 4.74 Å². The number of hydrogen-bond acceptors (Lipinski definition) is 2. The molecule has 0 aliphatic rings. The Kier molecular flexibility index (Phi) is 5.32. The predicted octanol–water partition coefficient (Wildman–Crippen LogP) is 7.10. The van der Waals surface area contributed by atoms with Gasteiger partial charge >= 0.3 is 0 Å². The van der Waals surface area contributed by atoms with Crippen LogP contribution in [0.15, 0.2) is 66.7 Å². The second kappa shape index (κ2) is 7.65. The van der Waals surface area contributed by atoms with Gasteiger partial charge in [-0.15, -0.1) is 0 Å². The molecule has 0 unspecified atom stereocenters. The number of benzene rings is 3. The SMILES string of the molecule is CC(C)c1cccc(C(C)C)c1-c1ccccc1Oc1ccccc1O. The minimum Gasteiger partial charge on any atom is -0.504 e. The monoisotopic (exact) mass is 346 g/mol. The zero-order valence-electron chi connectivity index (χ0n) is 15.9. The van der Waals surface area contributed by atoms with E-state index in [9.17, 15) is 5.11 Å². The summed E-state index contributed by atoms with van der Waals surface area (Å²) in [6.07, 6.45) is 0. The lowest BCUT2D eigenvalue weighted by molar-refractivity contribution is 0.412. The lowest BCUT2D eigenvalue weighted by atomic mass is 9.85. The van der Waals surface area contributed by atoms with Crippen LogP contribution in [0.2, 0.25) is 0 Å². The van der Waals surface area contributed by atoms with E-state index in [1.54, 1.807) is 18.2 Å². The van der Waals surface area contributed by atoms with Crippen molar-refractivity contribution < 1.29 is 9.84 Å². The molecule has 0 saturated heterocycles. The molecule has 2 nitrogen and oxygen atoms in total. The first-order valence-electron chi connectivity index (χ1n) is 9.17. The number of ether oxygens (including phenoxy) is 1. The summed E-state index contributed by atoms with van der Waals surface area (Å²) in [6, 6.07) is 21.7. The minimum absolute atomic E-state index is 0.142. The van der Waals surface area contributed by atoms with Gasteiger partial charge in [0.2, 0.25) is 0 Å². The molecule has 0 atom stereocenters. The van der Waals surface area contributed by atoms with Crippen LogP contribution in [0.25, 0.3) is 11.1 Å². The Morgan fingerprint density at radius 2 is 1.19 bits per heavy atom. The van der Waals surface area contributed by atoms with Crippen molar-refractivity contribution in [1.82, 2.24) is 0 Å². The van der Waals surface area contributed by atoms with Crippen LogP contribution in [0, 0.1) is 0 Å². The fourth-order valence-corrected chi connectivity index (χ4v) is 3.29. The van der Waals surface area contributed by atoms with Crippen LogP contribution in [0.5, 0.6) is 17.2 Å². The molecule has 0 spiro atoms. The maximum atomic E-state index is 10.1. The smallest absolute Gasteiger partial charge is 0.169 e. The van der Waals surface area contributed by atoms with Crippen molar-refractivity contribution in [2.45, 2.75) is 39.5 Å². The normalized spacial score (nSPS) is 11.2. The van der Waals surface area contributed by atoms with Crippen molar-refractivity contribution in [3.05, 3.63) is 77.9 Å². The Balaban J connectivity index is 2.19. The zero-order chi connectivity index (χ0) is 18.7. The van der Waals surface area contributed by atoms with Gasteiger partial charge in [-0.2, -0.15) is 0 Å². The fraction of sp³-hybridized carbons (Fsp3) is 0.250. The van der Waals surface area contributed by atoms with E-state index in [1.165, 1.54) is 16.7 Å². The van der Waals surface area contributed by atoms with Gasteiger partial charge in [-0.1, -0.05) is 76.2 Å². The van der Waals surface area contributed by atoms with Crippen molar-refractivity contribution in [2.75, 3.05) is 0 Å². The molecule has 134 valence electrons. The molecule has 1 N–H and O–H groups in total. The van der Waals surface area contributed by atoms with Crippen LogP contribution in [0.4, 0.5) is 0 Å². The summed E-state index contributed by atoms with van der Waals surface area (Å²) < 4.78 is 6.11. The molecule has 0 heterocycles. The lowest BCUT2D eigenvalue weighted by Gasteiger charge is -2.22. The van der Waals surface area contributed by atoms with E-state index < -0.39 is 0 Å². The van der Waals surface area contributed by atoms with Gasteiger partial charge in [-0.25, -0.2) is 0 Å². The largest absolute Gasteiger partial charge is 0.504 e. The highest BCUT2D eigenvalue weighted by molar-refractivity contribution is 5.78. The number of para-hydroxylation sites is 3. The average molecular weight is 346 g/mol. The molecule has 0 amide bonds. The molecule has 3 aromatic carbocycles. The van der Waals surface area contributed by atoms with Gasteiger partial charge in [-0.05, 0) is 46.7 Å². The van der Waals surface area contributed by atoms with Crippen LogP contribution in [0.3, 0.4) is 0 Å². The molecule has 0 aliphatic heterocycles. The van der Waals surface area contributed by atoms with Crippen LogP contribution >= 0.6 is 0 Å². The molecule has 26 heavy (non-hydrogen) atoms. The van der Waals surface area contributed by atoms with Gasteiger partial charge in [0.1, 0.15) is 5.75 Å². The predicted molar refractivity (Wildman–Crippen MR) is 108 cm³/mol. The third-order valence-electron chi connectivity index (χ3n) is 4.61. The summed E-state index contributed by atoms with van der Waals surface area (Å²) >= 11 is 0. The highest BCUT2D eigenvalue weighted by atomic mass is 16.5. The summed E-state index contributed by atoms with van der Waals surface area (Å²) in [7, 11) is 0. The standard InChI is InChI=1S/C24H26O2/c1-16(2)18-11-9-12-19(17(3)4)24(18)20-10-5-7-14-22(20)26-23-15-8-6-13-21(23)25/h5-17,25H,1-4H3. The molecule has 0 aromatic heterocycles. The van der Waals surface area contributed by atoms with E-state index in [1.807, 2.05) is 24.3 Å². The summed E-state index contributed by atoms with van der Waals surface area (Å²) in [4.78, 5) is 0. The molecular formula is C24H26O2. The lowest BCUT2D eigenvalue weighted by Crippen LogP contribution is -2.01. The van der Waals surface area contributed by atoms with Gasteiger partial charge in [0.15, 0.2) is 11.5 Å². The number of phenols is 1. The quantitative estimate of drug-likeness (QED) is 0.534. The number of rotatable bonds is 5. The molecule has 0 fully saturated rings. The third kappa shape index (κ3) is 3.60. The third-order valence-corrected chi connectivity index (χ3v) is 4.61. The van der Waals surface area contributed by atoms with Gasteiger partial charge in [0.05, 0.1) is 0 Å². The molecule has 0 radical (unpaired) electrons. The van der Waals surface area contributed by atoms with Crippen molar-refractivity contribution in [3.8, 4) is 28.4 Å². The number of aromatic hydroxyl groups is 1. The molecule has 2 heteroatoms. The highest BCUT2D eigenvalue weighted by Gasteiger charge is 2.19. The van der Waals surface area contributed by atoms with Crippen molar-refractivity contribution in [2.24, 2.45) is 0 Å². The van der Waals surface area contributed by atoms with E-state index in [4.69, 9.17) is 4.74 Å². The van der Waals surface area contributed by atoms with Crippen molar-refractivity contribution >= 4 is 0 Å². The molecule has 3 rings (SSSR count). The topological polar surface area (TPSA) is 29.5 Å². The molecular weight excluding hydrogens is 320 g/mol. The van der Waals surface area contributed by atoms with E-state index in [-0.39, 0.29) is 5.75 Å². The minimum atomic E-state index is 0.142. The molecule has 0 bridgehead atoms. The number of hydrogen-bond donors (Lipinski definition) is 1. The summed E-state index contributed by atoms with van der Waals surface area (Å²) in [5.41, 5.74) is 4.92. The van der Waals surface area contributed by atoms with E-state index in [0.717, 1.165) is 11.3 Å². The Morgan fingerprint density at radius 1 is 0.654 bits per heavy atom. The van der Waals surface area contributed by atoms with E-state index >= 15 is 0 Å². The van der Waals surface area contributed by atoms with Gasteiger partial charge < -0.3 is 9.84 Å². The summed E-state index contributed by atoms with van der Waals surface area (Å²) in [6.45, 7) is 8.87. The zero-order valence-corrected chi connectivity index (χ0v) is 15.9. The Labute approximate surface area is 156 Å². The first-order valence-corrected chi connectivity index (χ1v) is 9.17. The van der Waals surface area contributed by atoms with Crippen LogP contribution in [-0.2, 0) is 0 Å². The van der Waals surface area contributed by atoms with Crippen molar-refractivity contribution in [3.63, 3.8) is 0 Å². The van der Waals surface area contributed by atoms with E-state index in [2.05, 4.69) is 52.0 Å². The van der Waals surface area contributed by atoms with Crippen LogP contribution in [-0.4, -0.2) is 5.11 Å². The van der Waals surface area contributed by atoms with Crippen molar-refractivity contribution in [1.29, 1.82) is 0 Å². The maximum Gasteiger partial charge on any atom is 0.169 e. The molecule has 0 aliphatic carbocycles. The second-order valence-electron chi connectivity index (χ2n) is 7.19. The molecule has 0 saturated carbocycles. The van der Waals surface area contributed by atoms with Crippen LogP contribution in [0.1, 0.15) is 50.7 Å². The Morgan fingerprint density at radius 3 is 1.77 bits per heavy atom. The number of phenolic OH excluding ortho intramolecular Hbond substituents is 1. The first kappa shape index (κ1) is 18.1. The maximum absolute atomic E-state index is 10.1. The summed E-state index contributed by atoms with van der Waals surface area (Å²) in [5.74, 6) is 2.17. The molecule has 3 aromatic rings. The van der Waals surface area contributed by atoms with Gasteiger partial charge in [0, 0.05) is 5.56 Å². The van der Waals surface area contributed by atoms with Gasteiger partial charge in [-0.3, -0.25) is 0 Å². The Hall–Kier alpha value is -2.74. The second-order valence-corrected chi connectivity index (χ2v) is 7.19. The Bertz CT molecular complexity index is 868. The summed E-state index contributed by atoms with van der Waals surface area (Å²) in [5, 5.41) is 10.1.